The quantitative estimate of drug-likeness (QED) is 0.840. The normalized spacial score (nSPS) is 22.9. The average Bonchev–Trinajstić information content (AvgIpc) is 3.23. The molecule has 0 unspecified atom stereocenters. The molecule has 2 saturated heterocycles. The van der Waals surface area contributed by atoms with Crippen LogP contribution in [0.4, 0.5) is 0 Å². The topological polar surface area (TPSA) is 78.5 Å². The van der Waals surface area contributed by atoms with E-state index in [0.29, 0.717) is 38.2 Å². The van der Waals surface area contributed by atoms with E-state index in [-0.39, 0.29) is 29.9 Å². The minimum Gasteiger partial charge on any atom is -0.372 e. The van der Waals surface area contributed by atoms with Crippen LogP contribution in [-0.4, -0.2) is 70.2 Å². The molecule has 0 aliphatic carbocycles. The summed E-state index contributed by atoms with van der Waals surface area (Å²) in [5.74, 6) is 0.392. The molecule has 0 spiro atoms. The van der Waals surface area contributed by atoms with Crippen molar-refractivity contribution in [1.82, 2.24) is 20.0 Å². The number of hydrogen-bond acceptors (Lipinski definition) is 4. The molecular formula is C23H30N4O3. The van der Waals surface area contributed by atoms with E-state index in [9.17, 15) is 9.59 Å². The molecule has 1 aromatic carbocycles. The smallest absolute Gasteiger partial charge is 0.257 e. The fourth-order valence-corrected chi connectivity index (χ4v) is 4.59. The first kappa shape index (κ1) is 20.6. The van der Waals surface area contributed by atoms with Gasteiger partial charge in [0.05, 0.1) is 36.1 Å². The van der Waals surface area contributed by atoms with Crippen molar-refractivity contribution in [2.24, 2.45) is 0 Å². The van der Waals surface area contributed by atoms with Crippen LogP contribution in [-0.2, 0) is 16.0 Å². The van der Waals surface area contributed by atoms with E-state index in [2.05, 4.69) is 10.2 Å². The number of morpholine rings is 1. The van der Waals surface area contributed by atoms with Crippen molar-refractivity contribution in [2.45, 2.75) is 51.2 Å². The summed E-state index contributed by atoms with van der Waals surface area (Å²) in [5, 5.41) is 7.25. The molecule has 7 nitrogen and oxygen atoms in total. The van der Waals surface area contributed by atoms with Crippen LogP contribution < -0.4 is 0 Å². The summed E-state index contributed by atoms with van der Waals surface area (Å²) in [6, 6.07) is 9.85. The Morgan fingerprint density at radius 3 is 2.40 bits per heavy atom. The molecule has 0 bridgehead atoms. The molecule has 1 N–H and O–H groups in total. The van der Waals surface area contributed by atoms with Gasteiger partial charge in [0.15, 0.2) is 0 Å². The number of hydrogen-bond donors (Lipinski definition) is 1. The van der Waals surface area contributed by atoms with E-state index in [1.807, 2.05) is 54.0 Å². The Morgan fingerprint density at radius 1 is 1.07 bits per heavy atom. The van der Waals surface area contributed by atoms with Crippen LogP contribution >= 0.6 is 0 Å². The highest BCUT2D eigenvalue weighted by molar-refractivity contribution is 5.95. The van der Waals surface area contributed by atoms with Gasteiger partial charge < -0.3 is 14.5 Å². The van der Waals surface area contributed by atoms with Crippen LogP contribution in [0.5, 0.6) is 0 Å². The van der Waals surface area contributed by atoms with Gasteiger partial charge in [0.2, 0.25) is 5.91 Å². The maximum atomic E-state index is 13.1. The predicted octanol–water partition coefficient (Wildman–Crippen LogP) is 2.61. The second-order valence-corrected chi connectivity index (χ2v) is 8.48. The van der Waals surface area contributed by atoms with Crippen molar-refractivity contribution in [3.63, 3.8) is 0 Å². The van der Waals surface area contributed by atoms with Gasteiger partial charge in [-0.15, -0.1) is 0 Å². The number of nitrogens with one attached hydrogen (secondary N) is 1. The van der Waals surface area contributed by atoms with Gasteiger partial charge in [0, 0.05) is 32.1 Å². The predicted molar refractivity (Wildman–Crippen MR) is 113 cm³/mol. The molecule has 7 heteroatoms. The van der Waals surface area contributed by atoms with E-state index < -0.39 is 0 Å². The molecular weight excluding hydrogens is 380 g/mol. The number of carbonyl (C=O) groups is 2. The minimum absolute atomic E-state index is 0.0170. The first-order valence-electron chi connectivity index (χ1n) is 10.8. The number of amides is 2. The lowest BCUT2D eigenvalue weighted by Crippen LogP contribution is -2.48. The Bertz CT molecular complexity index is 864. The second kappa shape index (κ2) is 9.00. The van der Waals surface area contributed by atoms with Gasteiger partial charge in [0.1, 0.15) is 0 Å². The lowest BCUT2D eigenvalue weighted by Gasteiger charge is -2.36. The van der Waals surface area contributed by atoms with E-state index in [1.165, 1.54) is 0 Å². The van der Waals surface area contributed by atoms with Crippen molar-refractivity contribution in [3.05, 3.63) is 53.3 Å². The largest absolute Gasteiger partial charge is 0.372 e. The number of H-pyrrole nitrogens is 1. The third-order valence-corrected chi connectivity index (χ3v) is 6.06. The van der Waals surface area contributed by atoms with Gasteiger partial charge in [-0.3, -0.25) is 14.7 Å². The van der Waals surface area contributed by atoms with Gasteiger partial charge in [-0.25, -0.2) is 0 Å². The van der Waals surface area contributed by atoms with Crippen LogP contribution in [0, 0.1) is 0 Å². The number of piperidine rings is 1. The van der Waals surface area contributed by atoms with E-state index in [4.69, 9.17) is 4.74 Å². The van der Waals surface area contributed by atoms with Crippen molar-refractivity contribution < 1.29 is 14.3 Å². The molecule has 30 heavy (non-hydrogen) atoms. The zero-order chi connectivity index (χ0) is 21.1. The Labute approximate surface area is 177 Å². The SMILES string of the molecule is C[C@@H]1CN(C(=O)c2cn[nH]c2C2CCN(C(=O)Cc3ccccc3)CC2)C[C@@H](C)O1. The van der Waals surface area contributed by atoms with Gasteiger partial charge in [-0.1, -0.05) is 30.3 Å². The Balaban J connectivity index is 1.37. The number of carbonyl (C=O) groups excluding carboxylic acids is 2. The Morgan fingerprint density at radius 2 is 1.73 bits per heavy atom. The van der Waals surface area contributed by atoms with Crippen LogP contribution in [0.25, 0.3) is 0 Å². The van der Waals surface area contributed by atoms with E-state index in [1.54, 1.807) is 6.20 Å². The number of aromatic amines is 1. The first-order valence-corrected chi connectivity index (χ1v) is 10.8. The molecule has 0 saturated carbocycles. The highest BCUT2D eigenvalue weighted by Crippen LogP contribution is 2.30. The summed E-state index contributed by atoms with van der Waals surface area (Å²) in [5.41, 5.74) is 2.60. The highest BCUT2D eigenvalue weighted by Gasteiger charge is 2.32. The monoisotopic (exact) mass is 410 g/mol. The zero-order valence-corrected chi connectivity index (χ0v) is 17.7. The third-order valence-electron chi connectivity index (χ3n) is 6.06. The molecule has 2 fully saturated rings. The molecule has 1 aromatic heterocycles. The average molecular weight is 411 g/mol. The summed E-state index contributed by atoms with van der Waals surface area (Å²) in [7, 11) is 0. The van der Waals surface area contributed by atoms with Gasteiger partial charge >= 0.3 is 0 Å². The van der Waals surface area contributed by atoms with Gasteiger partial charge in [-0.05, 0) is 32.3 Å². The summed E-state index contributed by atoms with van der Waals surface area (Å²) >= 11 is 0. The number of benzene rings is 1. The van der Waals surface area contributed by atoms with Crippen LogP contribution in [0.2, 0.25) is 0 Å². The number of rotatable bonds is 4. The van der Waals surface area contributed by atoms with Gasteiger partial charge in [-0.2, -0.15) is 5.10 Å². The van der Waals surface area contributed by atoms with E-state index >= 15 is 0 Å². The molecule has 2 aliphatic heterocycles. The molecule has 2 amide bonds. The molecule has 160 valence electrons. The number of likely N-dealkylation sites (tertiary alicyclic amines) is 1. The first-order chi connectivity index (χ1) is 14.5. The maximum absolute atomic E-state index is 13.1. The second-order valence-electron chi connectivity index (χ2n) is 8.48. The summed E-state index contributed by atoms with van der Waals surface area (Å²) in [4.78, 5) is 29.6. The lowest BCUT2D eigenvalue weighted by molar-refractivity contribution is -0.131. The van der Waals surface area contributed by atoms with Crippen molar-refractivity contribution >= 4 is 11.8 Å². The van der Waals surface area contributed by atoms with Crippen molar-refractivity contribution in [2.75, 3.05) is 26.2 Å². The summed E-state index contributed by atoms with van der Waals surface area (Å²) in [6.45, 7) is 6.59. The van der Waals surface area contributed by atoms with E-state index in [0.717, 1.165) is 24.1 Å². The third kappa shape index (κ3) is 4.56. The maximum Gasteiger partial charge on any atom is 0.257 e. The summed E-state index contributed by atoms with van der Waals surface area (Å²) in [6.07, 6.45) is 3.82. The fraction of sp³-hybridized carbons (Fsp3) is 0.522. The molecule has 4 rings (SSSR count). The minimum atomic E-state index is 0.0170. The van der Waals surface area contributed by atoms with Crippen molar-refractivity contribution in [3.8, 4) is 0 Å². The van der Waals surface area contributed by atoms with Crippen LogP contribution in [0.3, 0.4) is 0 Å². The highest BCUT2D eigenvalue weighted by atomic mass is 16.5. The molecule has 2 aromatic rings. The van der Waals surface area contributed by atoms with Crippen molar-refractivity contribution in [1.29, 1.82) is 0 Å². The number of aromatic nitrogens is 2. The van der Waals surface area contributed by atoms with Gasteiger partial charge in [0.25, 0.3) is 5.91 Å². The number of ether oxygens (including phenoxy) is 1. The van der Waals surface area contributed by atoms with Crippen LogP contribution in [0.15, 0.2) is 36.5 Å². The fourth-order valence-electron chi connectivity index (χ4n) is 4.59. The standard InChI is InChI=1S/C23H30N4O3/c1-16-14-27(15-17(2)30-16)23(29)20-13-24-25-22(20)19-8-10-26(11-9-19)21(28)12-18-6-4-3-5-7-18/h3-7,13,16-17,19H,8-12,14-15H2,1-2H3,(H,24,25)/t16-,17-/m1/s1. The molecule has 3 heterocycles. The summed E-state index contributed by atoms with van der Waals surface area (Å²) < 4.78 is 5.75. The molecule has 0 radical (unpaired) electrons. The molecule has 2 aliphatic rings. The number of nitrogens with zero attached hydrogens (tertiary/aromatic N) is 3. The van der Waals surface area contributed by atoms with Crippen LogP contribution in [0.1, 0.15) is 54.2 Å². The lowest BCUT2D eigenvalue weighted by atomic mass is 9.90. The zero-order valence-electron chi connectivity index (χ0n) is 17.7. The Hall–Kier alpha value is -2.67. The molecule has 2 atom stereocenters. The Kier molecular flexibility index (Phi) is 6.18.